The molecular weight excluding hydrogens is 344 g/mol. The molecule has 27 heavy (non-hydrogen) atoms. The lowest BCUT2D eigenvalue weighted by atomic mass is 10.1. The van der Waals surface area contributed by atoms with E-state index in [4.69, 9.17) is 0 Å². The number of urea groups is 1. The van der Waals surface area contributed by atoms with Crippen LogP contribution in [-0.2, 0) is 16.1 Å². The average molecular weight is 368 g/mol. The molecule has 7 heteroatoms. The van der Waals surface area contributed by atoms with Crippen molar-refractivity contribution in [3.63, 3.8) is 0 Å². The molecule has 0 spiro atoms. The summed E-state index contributed by atoms with van der Waals surface area (Å²) in [6.45, 7) is 3.62. The highest BCUT2D eigenvalue weighted by Gasteiger charge is 2.11. The first-order valence-corrected chi connectivity index (χ1v) is 8.56. The molecule has 4 amide bonds. The zero-order chi connectivity index (χ0) is 19.8. The second kappa shape index (κ2) is 9.38. The SMILES string of the molecule is CC(=O)N(C)Cc1ccccc1NC(=O)CNC(=O)Nc1cccc(C)c1. The zero-order valence-electron chi connectivity index (χ0n) is 15.7. The summed E-state index contributed by atoms with van der Waals surface area (Å²) in [5.41, 5.74) is 3.10. The monoisotopic (exact) mass is 368 g/mol. The van der Waals surface area contributed by atoms with Crippen molar-refractivity contribution in [2.24, 2.45) is 0 Å². The minimum Gasteiger partial charge on any atom is -0.342 e. The van der Waals surface area contributed by atoms with Gasteiger partial charge in [0.05, 0.1) is 6.54 Å². The summed E-state index contributed by atoms with van der Waals surface area (Å²) in [6.07, 6.45) is 0. The van der Waals surface area contributed by atoms with Gasteiger partial charge in [-0.2, -0.15) is 0 Å². The molecule has 142 valence electrons. The number of anilines is 2. The molecule has 0 heterocycles. The molecule has 0 aliphatic rings. The Kier molecular flexibility index (Phi) is 6.93. The van der Waals surface area contributed by atoms with Crippen LogP contribution in [0.1, 0.15) is 18.1 Å². The minimum absolute atomic E-state index is 0.0642. The van der Waals surface area contributed by atoms with Crippen LogP contribution in [0, 0.1) is 6.92 Å². The van der Waals surface area contributed by atoms with E-state index in [0.29, 0.717) is 17.9 Å². The van der Waals surface area contributed by atoms with Gasteiger partial charge in [0.25, 0.3) is 0 Å². The number of carbonyl (C=O) groups is 3. The first kappa shape index (κ1) is 20.0. The molecule has 0 fully saturated rings. The van der Waals surface area contributed by atoms with E-state index in [9.17, 15) is 14.4 Å². The first-order chi connectivity index (χ1) is 12.8. The fraction of sp³-hybridized carbons (Fsp3) is 0.250. The molecule has 0 aromatic heterocycles. The molecule has 0 atom stereocenters. The minimum atomic E-state index is -0.458. The van der Waals surface area contributed by atoms with E-state index in [0.717, 1.165) is 11.1 Å². The van der Waals surface area contributed by atoms with E-state index in [-0.39, 0.29) is 18.4 Å². The number of benzene rings is 2. The molecule has 0 saturated heterocycles. The highest BCUT2D eigenvalue weighted by Crippen LogP contribution is 2.16. The first-order valence-electron chi connectivity index (χ1n) is 8.56. The number of rotatable bonds is 6. The van der Waals surface area contributed by atoms with E-state index in [1.807, 2.05) is 37.3 Å². The van der Waals surface area contributed by atoms with Crippen molar-refractivity contribution < 1.29 is 14.4 Å². The van der Waals surface area contributed by atoms with Crippen LogP contribution in [0.5, 0.6) is 0 Å². The highest BCUT2D eigenvalue weighted by atomic mass is 16.2. The van der Waals surface area contributed by atoms with Gasteiger partial charge in [0.2, 0.25) is 11.8 Å². The normalized spacial score (nSPS) is 10.0. The molecule has 7 nitrogen and oxygen atoms in total. The van der Waals surface area contributed by atoms with Gasteiger partial charge in [-0.05, 0) is 36.2 Å². The lowest BCUT2D eigenvalue weighted by Gasteiger charge is -2.18. The molecule has 3 N–H and O–H groups in total. The van der Waals surface area contributed by atoms with Crippen LogP contribution in [0.15, 0.2) is 48.5 Å². The lowest BCUT2D eigenvalue weighted by molar-refractivity contribution is -0.128. The maximum atomic E-state index is 12.2. The Hall–Kier alpha value is -3.35. The van der Waals surface area contributed by atoms with Crippen molar-refractivity contribution in [3.05, 3.63) is 59.7 Å². The quantitative estimate of drug-likeness (QED) is 0.732. The van der Waals surface area contributed by atoms with Crippen molar-refractivity contribution in [1.29, 1.82) is 0 Å². The topological polar surface area (TPSA) is 90.5 Å². The Labute approximate surface area is 158 Å². The van der Waals surface area contributed by atoms with Gasteiger partial charge >= 0.3 is 6.03 Å². The predicted molar refractivity (Wildman–Crippen MR) is 105 cm³/mol. The standard InChI is InChI=1S/C20H24N4O3/c1-14-7-6-9-17(11-14)22-20(27)21-12-19(26)23-18-10-5-4-8-16(18)13-24(3)15(2)25/h4-11H,12-13H2,1-3H3,(H,23,26)(H2,21,22,27). The molecule has 0 bridgehead atoms. The number of hydrogen-bond donors (Lipinski definition) is 3. The summed E-state index contributed by atoms with van der Waals surface area (Å²) in [5, 5.41) is 7.96. The summed E-state index contributed by atoms with van der Waals surface area (Å²) >= 11 is 0. The third-order valence-electron chi connectivity index (χ3n) is 3.92. The van der Waals surface area contributed by atoms with E-state index < -0.39 is 6.03 Å². The van der Waals surface area contributed by atoms with Crippen LogP contribution in [0.2, 0.25) is 0 Å². The van der Waals surface area contributed by atoms with Crippen LogP contribution in [0.3, 0.4) is 0 Å². The van der Waals surface area contributed by atoms with Crippen LogP contribution < -0.4 is 16.0 Å². The number of hydrogen-bond acceptors (Lipinski definition) is 3. The van der Waals surface area contributed by atoms with Gasteiger partial charge in [0, 0.05) is 31.9 Å². The van der Waals surface area contributed by atoms with Gasteiger partial charge < -0.3 is 20.9 Å². The number of aryl methyl sites for hydroxylation is 1. The second-order valence-corrected chi connectivity index (χ2v) is 6.26. The fourth-order valence-electron chi connectivity index (χ4n) is 2.40. The maximum Gasteiger partial charge on any atom is 0.319 e. The van der Waals surface area contributed by atoms with Crippen LogP contribution >= 0.6 is 0 Å². The molecule has 2 rings (SSSR count). The number of nitrogens with one attached hydrogen (secondary N) is 3. The summed E-state index contributed by atoms with van der Waals surface area (Å²) in [7, 11) is 1.69. The third-order valence-corrected chi connectivity index (χ3v) is 3.92. The van der Waals surface area contributed by atoms with Gasteiger partial charge in [-0.15, -0.1) is 0 Å². The van der Waals surface area contributed by atoms with E-state index in [2.05, 4.69) is 16.0 Å². The Balaban J connectivity index is 1.88. The molecule has 2 aromatic carbocycles. The van der Waals surface area contributed by atoms with Gasteiger partial charge in [-0.25, -0.2) is 4.79 Å². The Morgan fingerprint density at radius 3 is 2.44 bits per heavy atom. The predicted octanol–water partition coefficient (Wildman–Crippen LogP) is 2.73. The van der Waals surface area contributed by atoms with E-state index >= 15 is 0 Å². The second-order valence-electron chi connectivity index (χ2n) is 6.26. The average Bonchev–Trinajstić information content (AvgIpc) is 2.61. The summed E-state index contributed by atoms with van der Waals surface area (Å²) in [6, 6.07) is 14.2. The van der Waals surface area contributed by atoms with Crippen molar-refractivity contribution >= 4 is 29.2 Å². The van der Waals surface area contributed by atoms with Crippen molar-refractivity contribution in [2.75, 3.05) is 24.2 Å². The van der Waals surface area contributed by atoms with Crippen molar-refractivity contribution in [2.45, 2.75) is 20.4 Å². The molecule has 0 radical (unpaired) electrons. The maximum absolute atomic E-state index is 12.2. The Bertz CT molecular complexity index is 835. The van der Waals surface area contributed by atoms with Gasteiger partial charge in [-0.1, -0.05) is 30.3 Å². The Morgan fingerprint density at radius 2 is 1.74 bits per heavy atom. The third kappa shape index (κ3) is 6.47. The molecule has 0 unspecified atom stereocenters. The molecule has 0 aliphatic heterocycles. The number of nitrogens with zero attached hydrogens (tertiary/aromatic N) is 1. The van der Waals surface area contributed by atoms with Gasteiger partial charge in [0.1, 0.15) is 0 Å². The largest absolute Gasteiger partial charge is 0.342 e. The van der Waals surface area contributed by atoms with Gasteiger partial charge in [-0.3, -0.25) is 9.59 Å². The lowest BCUT2D eigenvalue weighted by Crippen LogP contribution is -2.36. The fourth-order valence-corrected chi connectivity index (χ4v) is 2.40. The van der Waals surface area contributed by atoms with Crippen molar-refractivity contribution in [3.8, 4) is 0 Å². The number of amides is 4. The van der Waals surface area contributed by atoms with Crippen molar-refractivity contribution in [1.82, 2.24) is 10.2 Å². The van der Waals surface area contributed by atoms with Crippen LogP contribution in [0.25, 0.3) is 0 Å². The van der Waals surface area contributed by atoms with Crippen LogP contribution in [-0.4, -0.2) is 36.3 Å². The van der Waals surface area contributed by atoms with Gasteiger partial charge in [0.15, 0.2) is 0 Å². The molecule has 0 saturated carbocycles. The number of para-hydroxylation sites is 1. The van der Waals surface area contributed by atoms with E-state index in [1.165, 1.54) is 6.92 Å². The Morgan fingerprint density at radius 1 is 1.00 bits per heavy atom. The zero-order valence-corrected chi connectivity index (χ0v) is 15.7. The molecule has 0 aliphatic carbocycles. The molecule has 2 aromatic rings. The van der Waals surface area contributed by atoms with E-state index in [1.54, 1.807) is 30.1 Å². The van der Waals surface area contributed by atoms with Crippen LogP contribution in [0.4, 0.5) is 16.2 Å². The number of carbonyl (C=O) groups excluding carboxylic acids is 3. The summed E-state index contributed by atoms with van der Waals surface area (Å²) in [5.74, 6) is -0.419. The highest BCUT2D eigenvalue weighted by molar-refractivity contribution is 5.97. The smallest absolute Gasteiger partial charge is 0.319 e. The summed E-state index contributed by atoms with van der Waals surface area (Å²) in [4.78, 5) is 37.1. The molecular formula is C20H24N4O3. The summed E-state index contributed by atoms with van der Waals surface area (Å²) < 4.78 is 0.